The Balaban J connectivity index is 1.75. The van der Waals surface area contributed by atoms with Crippen molar-refractivity contribution in [2.75, 3.05) is 0 Å². The van der Waals surface area contributed by atoms with Crippen LogP contribution in [0.4, 0.5) is 0 Å². The number of hydrogen-bond acceptors (Lipinski definition) is 1. The van der Waals surface area contributed by atoms with Crippen molar-refractivity contribution >= 4 is 10.9 Å². The second-order valence-electron chi connectivity index (χ2n) is 7.28. The minimum atomic E-state index is 0.403. The first kappa shape index (κ1) is 17.4. The average Bonchev–Trinajstić information content (AvgIpc) is 3.10. The summed E-state index contributed by atoms with van der Waals surface area (Å²) in [6, 6.07) is 27.5. The topological polar surface area (TPSA) is 14.2 Å². The third kappa shape index (κ3) is 3.75. The van der Waals surface area contributed by atoms with Gasteiger partial charge >= 0.3 is 0 Å². The Morgan fingerprint density at radius 2 is 1.44 bits per heavy atom. The number of benzene rings is 3. The molecule has 136 valence electrons. The van der Waals surface area contributed by atoms with Gasteiger partial charge in [-0.15, -0.1) is 0 Å². The first-order valence-electron chi connectivity index (χ1n) is 9.55. The maximum absolute atomic E-state index is 6.41. The number of nitrogens with zero attached hydrogens (tertiary/aromatic N) is 1. The van der Waals surface area contributed by atoms with Crippen LogP contribution >= 0.6 is 0 Å². The summed E-state index contributed by atoms with van der Waals surface area (Å²) in [4.78, 5) is 0. The fourth-order valence-electron chi connectivity index (χ4n) is 3.53. The molecule has 2 heteroatoms. The molecule has 3 aromatic carbocycles. The highest BCUT2D eigenvalue weighted by atomic mass is 16.5. The molecule has 0 spiro atoms. The van der Waals surface area contributed by atoms with Gasteiger partial charge in [-0.25, -0.2) is 0 Å². The standard InChI is InChI=1S/C25H25NO/c1-19(2)23-14-13-22-15-16-26(17-20-9-5-3-6-10-20)24(22)25(23)27-18-21-11-7-4-8-12-21/h3-16,19H,17-18H2,1-2H3. The summed E-state index contributed by atoms with van der Waals surface area (Å²) >= 11 is 0. The largest absolute Gasteiger partial charge is 0.486 e. The first-order valence-corrected chi connectivity index (χ1v) is 9.55. The Morgan fingerprint density at radius 3 is 2.11 bits per heavy atom. The van der Waals surface area contributed by atoms with Crippen LogP contribution in [0.15, 0.2) is 85.1 Å². The SMILES string of the molecule is CC(C)c1ccc2ccn(Cc3ccccc3)c2c1OCc1ccccc1. The zero-order valence-corrected chi connectivity index (χ0v) is 15.9. The van der Waals surface area contributed by atoms with Gasteiger partial charge in [-0.1, -0.05) is 86.6 Å². The Kier molecular flexibility index (Phi) is 4.97. The molecular weight excluding hydrogens is 330 g/mol. The van der Waals surface area contributed by atoms with Gasteiger partial charge in [0.15, 0.2) is 0 Å². The Morgan fingerprint density at radius 1 is 0.778 bits per heavy atom. The average molecular weight is 355 g/mol. The van der Waals surface area contributed by atoms with Crippen molar-refractivity contribution in [3.05, 3.63) is 102 Å². The van der Waals surface area contributed by atoms with Gasteiger partial charge in [-0.3, -0.25) is 0 Å². The summed E-state index contributed by atoms with van der Waals surface area (Å²) in [5, 5.41) is 1.22. The summed E-state index contributed by atoms with van der Waals surface area (Å²) in [5.41, 5.74) is 4.91. The Labute approximate surface area is 161 Å². The maximum atomic E-state index is 6.41. The molecule has 0 unspecified atom stereocenters. The number of fused-ring (bicyclic) bond motifs is 1. The molecule has 0 N–H and O–H groups in total. The van der Waals surface area contributed by atoms with E-state index in [1.165, 1.54) is 27.6 Å². The quantitative estimate of drug-likeness (QED) is 0.391. The molecule has 27 heavy (non-hydrogen) atoms. The van der Waals surface area contributed by atoms with Gasteiger partial charge in [-0.2, -0.15) is 0 Å². The van der Waals surface area contributed by atoms with Crippen LogP contribution in [0, 0.1) is 0 Å². The highest BCUT2D eigenvalue weighted by Crippen LogP contribution is 2.36. The van der Waals surface area contributed by atoms with E-state index in [1.54, 1.807) is 0 Å². The van der Waals surface area contributed by atoms with E-state index in [9.17, 15) is 0 Å². The number of aromatic nitrogens is 1. The summed E-state index contributed by atoms with van der Waals surface area (Å²) in [6.07, 6.45) is 2.16. The monoisotopic (exact) mass is 355 g/mol. The zero-order chi connectivity index (χ0) is 18.6. The van der Waals surface area contributed by atoms with E-state index in [2.05, 4.69) is 97.4 Å². The Bertz CT molecular complexity index is 1020. The molecule has 0 aliphatic heterocycles. The molecule has 0 amide bonds. The van der Waals surface area contributed by atoms with Crippen molar-refractivity contribution in [2.45, 2.75) is 32.9 Å². The molecule has 0 aliphatic rings. The number of rotatable bonds is 6. The van der Waals surface area contributed by atoms with Crippen molar-refractivity contribution in [3.8, 4) is 5.75 Å². The van der Waals surface area contributed by atoms with Crippen LogP contribution in [0.3, 0.4) is 0 Å². The number of ether oxygens (including phenoxy) is 1. The van der Waals surface area contributed by atoms with Crippen molar-refractivity contribution in [2.24, 2.45) is 0 Å². The Hall–Kier alpha value is -3.00. The van der Waals surface area contributed by atoms with Gasteiger partial charge in [0.25, 0.3) is 0 Å². The summed E-state index contributed by atoms with van der Waals surface area (Å²) in [7, 11) is 0. The highest BCUT2D eigenvalue weighted by Gasteiger charge is 2.16. The number of hydrogen-bond donors (Lipinski definition) is 0. The lowest BCUT2D eigenvalue weighted by molar-refractivity contribution is 0.304. The summed E-state index contributed by atoms with van der Waals surface area (Å²) < 4.78 is 8.72. The molecule has 4 aromatic rings. The third-order valence-electron chi connectivity index (χ3n) is 4.96. The predicted molar refractivity (Wildman–Crippen MR) is 112 cm³/mol. The van der Waals surface area contributed by atoms with Crippen LogP contribution in [0.1, 0.15) is 36.5 Å². The van der Waals surface area contributed by atoms with Gasteiger partial charge in [-0.05, 0) is 28.7 Å². The molecule has 0 bridgehead atoms. The summed E-state index contributed by atoms with van der Waals surface area (Å²) in [6.45, 7) is 5.87. The van der Waals surface area contributed by atoms with Crippen LogP contribution in [0.5, 0.6) is 5.75 Å². The van der Waals surface area contributed by atoms with E-state index in [0.29, 0.717) is 12.5 Å². The van der Waals surface area contributed by atoms with Crippen molar-refractivity contribution in [1.82, 2.24) is 4.57 Å². The minimum Gasteiger partial charge on any atom is -0.486 e. The van der Waals surface area contributed by atoms with E-state index in [1.807, 2.05) is 6.07 Å². The van der Waals surface area contributed by atoms with Gasteiger partial charge in [0.2, 0.25) is 0 Å². The molecule has 1 heterocycles. The van der Waals surface area contributed by atoms with Gasteiger partial charge < -0.3 is 9.30 Å². The van der Waals surface area contributed by atoms with Crippen LogP contribution in [0.2, 0.25) is 0 Å². The van der Waals surface area contributed by atoms with E-state index in [-0.39, 0.29) is 0 Å². The van der Waals surface area contributed by atoms with Crippen molar-refractivity contribution in [1.29, 1.82) is 0 Å². The maximum Gasteiger partial charge on any atom is 0.147 e. The van der Waals surface area contributed by atoms with E-state index < -0.39 is 0 Å². The minimum absolute atomic E-state index is 0.403. The van der Waals surface area contributed by atoms with Gasteiger partial charge in [0, 0.05) is 18.1 Å². The molecular formula is C25H25NO. The van der Waals surface area contributed by atoms with Gasteiger partial charge in [0.05, 0.1) is 5.52 Å². The lowest BCUT2D eigenvalue weighted by atomic mass is 10.0. The van der Waals surface area contributed by atoms with Crippen LogP contribution in [0.25, 0.3) is 10.9 Å². The van der Waals surface area contributed by atoms with Crippen LogP contribution in [-0.4, -0.2) is 4.57 Å². The van der Waals surface area contributed by atoms with Crippen molar-refractivity contribution in [3.63, 3.8) is 0 Å². The molecule has 4 rings (SSSR count). The van der Waals surface area contributed by atoms with Crippen LogP contribution < -0.4 is 4.74 Å². The second-order valence-corrected chi connectivity index (χ2v) is 7.28. The molecule has 1 aromatic heterocycles. The third-order valence-corrected chi connectivity index (χ3v) is 4.96. The van der Waals surface area contributed by atoms with Crippen LogP contribution in [-0.2, 0) is 13.2 Å². The zero-order valence-electron chi connectivity index (χ0n) is 15.9. The van der Waals surface area contributed by atoms with E-state index in [4.69, 9.17) is 4.74 Å². The molecule has 0 atom stereocenters. The molecule has 2 nitrogen and oxygen atoms in total. The molecule has 0 fully saturated rings. The van der Waals surface area contributed by atoms with Crippen molar-refractivity contribution < 1.29 is 4.74 Å². The second kappa shape index (κ2) is 7.71. The molecule has 0 aliphatic carbocycles. The highest BCUT2D eigenvalue weighted by molar-refractivity contribution is 5.87. The molecule has 0 saturated carbocycles. The lowest BCUT2D eigenvalue weighted by Crippen LogP contribution is -2.04. The normalized spacial score (nSPS) is 11.2. The smallest absolute Gasteiger partial charge is 0.147 e. The van der Waals surface area contributed by atoms with E-state index in [0.717, 1.165) is 12.3 Å². The molecule has 0 radical (unpaired) electrons. The van der Waals surface area contributed by atoms with Gasteiger partial charge in [0.1, 0.15) is 12.4 Å². The summed E-state index contributed by atoms with van der Waals surface area (Å²) in [5.74, 6) is 1.41. The van der Waals surface area contributed by atoms with E-state index >= 15 is 0 Å². The molecule has 0 saturated heterocycles. The fraction of sp³-hybridized carbons (Fsp3) is 0.200. The lowest BCUT2D eigenvalue weighted by Gasteiger charge is -2.18. The fourth-order valence-corrected chi connectivity index (χ4v) is 3.53. The first-order chi connectivity index (χ1) is 13.2. The predicted octanol–water partition coefficient (Wildman–Crippen LogP) is 6.39.